The van der Waals surface area contributed by atoms with Crippen LogP contribution in [-0.4, -0.2) is 37.0 Å². The highest BCUT2D eigenvalue weighted by Gasteiger charge is 2.23. The van der Waals surface area contributed by atoms with Crippen molar-refractivity contribution < 1.29 is 9.53 Å². The lowest BCUT2D eigenvalue weighted by Gasteiger charge is -2.27. The highest BCUT2D eigenvalue weighted by atomic mass is 32.1. The first-order valence-corrected chi connectivity index (χ1v) is 5.30. The Labute approximate surface area is 91.2 Å². The van der Waals surface area contributed by atoms with E-state index in [1.807, 2.05) is 4.90 Å². The van der Waals surface area contributed by atoms with Crippen molar-refractivity contribution in [2.24, 2.45) is 0 Å². The average Bonchev–Trinajstić information content (AvgIpc) is 2.59. The molecule has 0 aliphatic carbocycles. The van der Waals surface area contributed by atoms with Gasteiger partial charge in [0.05, 0.1) is 13.7 Å². The van der Waals surface area contributed by atoms with E-state index in [-0.39, 0.29) is 5.91 Å². The normalized spacial score (nSPS) is 16.3. The second-order valence-corrected chi connectivity index (χ2v) is 3.93. The molecule has 1 aliphatic rings. The summed E-state index contributed by atoms with van der Waals surface area (Å²) in [6.07, 6.45) is 0. The summed E-state index contributed by atoms with van der Waals surface area (Å²) in [5.41, 5.74) is 5.64. The molecule has 1 aliphatic heterocycles. The number of piperazine rings is 1. The van der Waals surface area contributed by atoms with Crippen LogP contribution in [0.1, 0.15) is 0 Å². The maximum Gasteiger partial charge on any atom is 0.239 e. The number of nitrogens with two attached hydrogens (primary N) is 1. The minimum Gasteiger partial charge on any atom is -0.490 e. The summed E-state index contributed by atoms with van der Waals surface area (Å²) in [5, 5.41) is 3.58. The second-order valence-electron chi connectivity index (χ2n) is 3.18. The third-order valence-electron chi connectivity index (χ3n) is 2.19. The van der Waals surface area contributed by atoms with Crippen LogP contribution >= 0.6 is 11.5 Å². The molecule has 15 heavy (non-hydrogen) atoms. The van der Waals surface area contributed by atoms with Crippen LogP contribution in [0.15, 0.2) is 0 Å². The topological polar surface area (TPSA) is 80.5 Å². The van der Waals surface area contributed by atoms with Gasteiger partial charge in [-0.05, 0) is 11.5 Å². The van der Waals surface area contributed by atoms with E-state index in [1.54, 1.807) is 7.11 Å². The van der Waals surface area contributed by atoms with Crippen molar-refractivity contribution in [1.29, 1.82) is 0 Å². The molecule has 6 nitrogen and oxygen atoms in total. The lowest BCUT2D eigenvalue weighted by Crippen LogP contribution is -2.47. The number of aromatic nitrogens is 1. The molecule has 1 fully saturated rings. The Bertz CT molecular complexity index is 379. The molecule has 1 saturated heterocycles. The van der Waals surface area contributed by atoms with Crippen LogP contribution in [0, 0.1) is 0 Å². The van der Waals surface area contributed by atoms with Gasteiger partial charge >= 0.3 is 0 Å². The highest BCUT2D eigenvalue weighted by Crippen LogP contribution is 2.37. The van der Waals surface area contributed by atoms with E-state index in [0.29, 0.717) is 24.7 Å². The Morgan fingerprint density at radius 1 is 1.67 bits per heavy atom. The number of amides is 1. The molecule has 1 aromatic rings. The Balaban J connectivity index is 2.24. The average molecular weight is 228 g/mol. The van der Waals surface area contributed by atoms with Crippen molar-refractivity contribution in [3.8, 4) is 5.75 Å². The molecule has 1 amide bonds. The molecule has 0 bridgehead atoms. The summed E-state index contributed by atoms with van der Waals surface area (Å²) < 4.78 is 9.16. The Morgan fingerprint density at radius 3 is 3.13 bits per heavy atom. The first-order valence-electron chi connectivity index (χ1n) is 4.53. The quantitative estimate of drug-likeness (QED) is 0.724. The molecule has 0 atom stereocenters. The molecule has 2 rings (SSSR count). The summed E-state index contributed by atoms with van der Waals surface area (Å²) in [4.78, 5) is 13.1. The number of carbonyl (C=O) groups excluding carboxylic acids is 1. The van der Waals surface area contributed by atoms with Gasteiger partial charge in [0, 0.05) is 13.1 Å². The number of nitrogens with zero attached hydrogens (tertiary/aromatic N) is 2. The molecule has 1 aromatic heterocycles. The Morgan fingerprint density at radius 2 is 2.47 bits per heavy atom. The number of anilines is 2. The number of ether oxygens (including phenoxy) is 1. The summed E-state index contributed by atoms with van der Waals surface area (Å²) in [6.45, 7) is 1.72. The van der Waals surface area contributed by atoms with E-state index in [0.717, 1.165) is 11.5 Å². The largest absolute Gasteiger partial charge is 0.490 e. The van der Waals surface area contributed by atoms with Crippen LogP contribution in [0.3, 0.4) is 0 Å². The van der Waals surface area contributed by atoms with Gasteiger partial charge in [0.2, 0.25) is 5.91 Å². The highest BCUT2D eigenvalue weighted by molar-refractivity contribution is 7.11. The van der Waals surface area contributed by atoms with Gasteiger partial charge in [0.25, 0.3) is 0 Å². The lowest BCUT2D eigenvalue weighted by molar-refractivity contribution is -0.120. The van der Waals surface area contributed by atoms with Crippen molar-refractivity contribution in [2.45, 2.75) is 0 Å². The maximum atomic E-state index is 11.2. The Hall–Kier alpha value is -1.50. The number of carbonyl (C=O) groups is 1. The summed E-state index contributed by atoms with van der Waals surface area (Å²) in [5.74, 6) is 0.952. The predicted octanol–water partition coefficient (Wildman–Crippen LogP) is -0.330. The molecule has 2 heterocycles. The van der Waals surface area contributed by atoms with Gasteiger partial charge in [-0.25, -0.2) is 0 Å². The summed E-state index contributed by atoms with van der Waals surface area (Å²) in [6, 6.07) is 0. The summed E-state index contributed by atoms with van der Waals surface area (Å²) >= 11 is 1.26. The van der Waals surface area contributed by atoms with Gasteiger partial charge in [-0.3, -0.25) is 4.79 Å². The fourth-order valence-corrected chi connectivity index (χ4v) is 2.30. The number of rotatable bonds is 2. The molecule has 0 aromatic carbocycles. The van der Waals surface area contributed by atoms with Crippen molar-refractivity contribution in [3.05, 3.63) is 0 Å². The van der Waals surface area contributed by atoms with Crippen molar-refractivity contribution in [1.82, 2.24) is 9.69 Å². The molecule has 3 N–H and O–H groups in total. The zero-order valence-electron chi connectivity index (χ0n) is 8.32. The number of nitrogens with one attached hydrogen (secondary N) is 1. The van der Waals surface area contributed by atoms with E-state index in [1.165, 1.54) is 11.5 Å². The number of nitrogen functional groups attached to an aromatic ring is 1. The molecule has 0 unspecified atom stereocenters. The molecular formula is C8H12N4O2S. The van der Waals surface area contributed by atoms with E-state index in [4.69, 9.17) is 10.5 Å². The number of hydrogen-bond donors (Lipinski definition) is 2. The van der Waals surface area contributed by atoms with Crippen LogP contribution < -0.4 is 20.7 Å². The molecule has 0 radical (unpaired) electrons. The zero-order chi connectivity index (χ0) is 10.8. The van der Waals surface area contributed by atoms with Gasteiger partial charge in [-0.2, -0.15) is 4.37 Å². The fraction of sp³-hybridized carbons (Fsp3) is 0.500. The van der Waals surface area contributed by atoms with Crippen LogP contribution in [0.4, 0.5) is 10.8 Å². The fourth-order valence-electron chi connectivity index (χ4n) is 1.49. The molecule has 0 spiro atoms. The van der Waals surface area contributed by atoms with Crippen molar-refractivity contribution >= 4 is 28.3 Å². The van der Waals surface area contributed by atoms with Crippen LogP contribution in [-0.2, 0) is 4.79 Å². The number of hydrogen-bond acceptors (Lipinski definition) is 6. The third-order valence-corrected chi connectivity index (χ3v) is 3.09. The maximum absolute atomic E-state index is 11.2. The predicted molar refractivity (Wildman–Crippen MR) is 58.3 cm³/mol. The van der Waals surface area contributed by atoms with Crippen LogP contribution in [0.5, 0.6) is 5.75 Å². The third kappa shape index (κ3) is 1.82. The molecular weight excluding hydrogens is 216 g/mol. The van der Waals surface area contributed by atoms with Gasteiger partial charge < -0.3 is 20.7 Å². The zero-order valence-corrected chi connectivity index (χ0v) is 9.13. The standard InChI is InChI=1S/C8H12N4O2S/c1-14-6-7(9)11-15-8(6)12-3-2-10-5(13)4-12/h2-4H2,1H3,(H2,9,11)(H,10,13). The van der Waals surface area contributed by atoms with Crippen LogP contribution in [0.2, 0.25) is 0 Å². The van der Waals surface area contributed by atoms with E-state index in [2.05, 4.69) is 9.69 Å². The molecule has 82 valence electrons. The van der Waals surface area contributed by atoms with Crippen molar-refractivity contribution in [3.63, 3.8) is 0 Å². The SMILES string of the molecule is COc1c(N)nsc1N1CCNC(=O)C1. The van der Waals surface area contributed by atoms with Crippen molar-refractivity contribution in [2.75, 3.05) is 37.4 Å². The minimum absolute atomic E-state index is 0.00951. The monoisotopic (exact) mass is 228 g/mol. The van der Waals surface area contributed by atoms with Gasteiger partial charge in [0.15, 0.2) is 16.6 Å². The van der Waals surface area contributed by atoms with Gasteiger partial charge in [0.1, 0.15) is 0 Å². The van der Waals surface area contributed by atoms with Crippen LogP contribution in [0.25, 0.3) is 0 Å². The smallest absolute Gasteiger partial charge is 0.239 e. The Kier molecular flexibility index (Phi) is 2.63. The van der Waals surface area contributed by atoms with Gasteiger partial charge in [-0.1, -0.05) is 0 Å². The number of methoxy groups -OCH3 is 1. The minimum atomic E-state index is 0.00951. The van der Waals surface area contributed by atoms with Gasteiger partial charge in [-0.15, -0.1) is 0 Å². The first kappa shape index (κ1) is 10.0. The van der Waals surface area contributed by atoms with E-state index in [9.17, 15) is 4.79 Å². The second kappa shape index (κ2) is 3.93. The lowest BCUT2D eigenvalue weighted by atomic mass is 10.3. The van der Waals surface area contributed by atoms with E-state index < -0.39 is 0 Å². The first-order chi connectivity index (χ1) is 7.22. The molecule has 7 heteroatoms. The molecule has 0 saturated carbocycles. The van der Waals surface area contributed by atoms with E-state index >= 15 is 0 Å². The summed E-state index contributed by atoms with van der Waals surface area (Å²) in [7, 11) is 1.55.